The van der Waals surface area contributed by atoms with Crippen LogP contribution in [-0.4, -0.2) is 38.1 Å². The van der Waals surface area contributed by atoms with Crippen molar-refractivity contribution in [1.82, 2.24) is 10.6 Å². The monoisotopic (exact) mass is 276 g/mol. The Morgan fingerprint density at radius 3 is 2.30 bits per heavy atom. The molecule has 1 aliphatic rings. The van der Waals surface area contributed by atoms with Crippen molar-refractivity contribution >= 4 is 11.8 Å². The van der Waals surface area contributed by atoms with Crippen LogP contribution in [0, 0.1) is 0 Å². The second kappa shape index (κ2) is 7.05. The first-order valence-corrected chi connectivity index (χ1v) is 6.89. The third-order valence-corrected chi connectivity index (χ3v) is 3.13. The zero-order chi connectivity index (χ0) is 14.4. The summed E-state index contributed by atoms with van der Waals surface area (Å²) in [6.45, 7) is 1.21. The highest BCUT2D eigenvalue weighted by molar-refractivity contribution is 5.97. The van der Waals surface area contributed by atoms with Gasteiger partial charge in [0.25, 0.3) is 11.8 Å². The van der Waals surface area contributed by atoms with Gasteiger partial charge in [-0.05, 0) is 43.5 Å². The average molecular weight is 276 g/mol. The molecule has 2 rings (SSSR count). The standard InChI is InChI=1S/C15H20N2O3/c1-20-10-2-9-16-14(18)11-3-5-12(6-4-11)15(19)17-13-7-8-13/h3-6,13H,2,7-10H2,1H3,(H,16,18)(H,17,19). The molecular formula is C15H20N2O3. The average Bonchev–Trinajstić information content (AvgIpc) is 3.27. The second-order valence-corrected chi connectivity index (χ2v) is 4.93. The van der Waals surface area contributed by atoms with Crippen molar-refractivity contribution in [3.63, 3.8) is 0 Å². The molecular weight excluding hydrogens is 256 g/mol. The number of carbonyl (C=O) groups is 2. The van der Waals surface area contributed by atoms with Crippen molar-refractivity contribution in [2.45, 2.75) is 25.3 Å². The summed E-state index contributed by atoms with van der Waals surface area (Å²) >= 11 is 0. The first-order valence-electron chi connectivity index (χ1n) is 6.89. The maximum absolute atomic E-state index is 11.8. The van der Waals surface area contributed by atoms with Gasteiger partial charge in [0.05, 0.1) is 0 Å². The molecule has 1 saturated carbocycles. The number of amides is 2. The van der Waals surface area contributed by atoms with E-state index >= 15 is 0 Å². The summed E-state index contributed by atoms with van der Waals surface area (Å²) in [6, 6.07) is 7.05. The Morgan fingerprint density at radius 1 is 1.15 bits per heavy atom. The van der Waals surface area contributed by atoms with Gasteiger partial charge in [0, 0.05) is 37.4 Å². The number of methoxy groups -OCH3 is 1. The summed E-state index contributed by atoms with van der Waals surface area (Å²) in [5.74, 6) is -0.199. The Bertz CT molecular complexity index is 467. The minimum atomic E-state index is -0.129. The van der Waals surface area contributed by atoms with Crippen LogP contribution in [0.25, 0.3) is 0 Å². The topological polar surface area (TPSA) is 67.4 Å². The number of hydrogen-bond donors (Lipinski definition) is 2. The number of ether oxygens (including phenoxy) is 1. The number of nitrogens with one attached hydrogen (secondary N) is 2. The highest BCUT2D eigenvalue weighted by Crippen LogP contribution is 2.19. The van der Waals surface area contributed by atoms with E-state index in [4.69, 9.17) is 4.74 Å². The molecule has 0 bridgehead atoms. The lowest BCUT2D eigenvalue weighted by Gasteiger charge is -2.06. The minimum Gasteiger partial charge on any atom is -0.385 e. The fraction of sp³-hybridized carbons (Fsp3) is 0.467. The van der Waals surface area contributed by atoms with E-state index < -0.39 is 0 Å². The Kier molecular flexibility index (Phi) is 5.12. The highest BCUT2D eigenvalue weighted by atomic mass is 16.5. The molecule has 2 amide bonds. The van der Waals surface area contributed by atoms with Crippen molar-refractivity contribution < 1.29 is 14.3 Å². The largest absolute Gasteiger partial charge is 0.385 e. The highest BCUT2D eigenvalue weighted by Gasteiger charge is 2.23. The van der Waals surface area contributed by atoms with Crippen LogP contribution in [0.4, 0.5) is 0 Å². The molecule has 0 heterocycles. The molecule has 20 heavy (non-hydrogen) atoms. The molecule has 0 spiro atoms. The van der Waals surface area contributed by atoms with E-state index in [2.05, 4.69) is 10.6 Å². The van der Waals surface area contributed by atoms with E-state index in [-0.39, 0.29) is 11.8 Å². The lowest BCUT2D eigenvalue weighted by atomic mass is 10.1. The molecule has 1 aromatic carbocycles. The van der Waals surface area contributed by atoms with Crippen LogP contribution in [0.2, 0.25) is 0 Å². The molecule has 5 nitrogen and oxygen atoms in total. The summed E-state index contributed by atoms with van der Waals surface area (Å²) < 4.78 is 4.91. The smallest absolute Gasteiger partial charge is 0.251 e. The predicted octanol–water partition coefficient (Wildman–Crippen LogP) is 1.35. The summed E-state index contributed by atoms with van der Waals surface area (Å²) in [6.07, 6.45) is 2.91. The summed E-state index contributed by atoms with van der Waals surface area (Å²) in [4.78, 5) is 23.6. The van der Waals surface area contributed by atoms with Gasteiger partial charge >= 0.3 is 0 Å². The van der Waals surface area contributed by atoms with Crippen LogP contribution in [0.5, 0.6) is 0 Å². The minimum absolute atomic E-state index is 0.0699. The normalized spacial score (nSPS) is 13.8. The van der Waals surface area contributed by atoms with Crippen LogP contribution >= 0.6 is 0 Å². The zero-order valence-electron chi connectivity index (χ0n) is 11.6. The Morgan fingerprint density at radius 2 is 1.75 bits per heavy atom. The van der Waals surface area contributed by atoms with Crippen LogP contribution in [-0.2, 0) is 4.74 Å². The van der Waals surface area contributed by atoms with Crippen molar-refractivity contribution in [1.29, 1.82) is 0 Å². The Labute approximate surface area is 118 Å². The van der Waals surface area contributed by atoms with E-state index in [0.29, 0.717) is 30.3 Å². The van der Waals surface area contributed by atoms with Gasteiger partial charge in [-0.1, -0.05) is 0 Å². The quantitative estimate of drug-likeness (QED) is 0.739. The second-order valence-electron chi connectivity index (χ2n) is 4.93. The van der Waals surface area contributed by atoms with Gasteiger partial charge < -0.3 is 15.4 Å². The van der Waals surface area contributed by atoms with Crippen molar-refractivity contribution in [2.24, 2.45) is 0 Å². The van der Waals surface area contributed by atoms with Crippen LogP contribution in [0.3, 0.4) is 0 Å². The molecule has 0 atom stereocenters. The third-order valence-electron chi connectivity index (χ3n) is 3.13. The zero-order valence-corrected chi connectivity index (χ0v) is 11.6. The predicted molar refractivity (Wildman–Crippen MR) is 75.8 cm³/mol. The van der Waals surface area contributed by atoms with Gasteiger partial charge in [-0.3, -0.25) is 9.59 Å². The number of benzene rings is 1. The van der Waals surface area contributed by atoms with Crippen LogP contribution in [0.15, 0.2) is 24.3 Å². The van der Waals surface area contributed by atoms with Gasteiger partial charge in [-0.15, -0.1) is 0 Å². The number of carbonyl (C=O) groups excluding carboxylic acids is 2. The van der Waals surface area contributed by atoms with Gasteiger partial charge in [0.1, 0.15) is 0 Å². The van der Waals surface area contributed by atoms with E-state index in [1.165, 1.54) is 0 Å². The fourth-order valence-electron chi connectivity index (χ4n) is 1.79. The van der Waals surface area contributed by atoms with Gasteiger partial charge in [0.2, 0.25) is 0 Å². The van der Waals surface area contributed by atoms with Gasteiger partial charge in [0.15, 0.2) is 0 Å². The van der Waals surface area contributed by atoms with E-state index in [1.54, 1.807) is 31.4 Å². The summed E-state index contributed by atoms with van der Waals surface area (Å²) in [7, 11) is 1.63. The summed E-state index contributed by atoms with van der Waals surface area (Å²) in [5.41, 5.74) is 1.15. The van der Waals surface area contributed by atoms with Crippen LogP contribution in [0.1, 0.15) is 40.0 Å². The van der Waals surface area contributed by atoms with Crippen molar-refractivity contribution in [3.8, 4) is 0 Å². The molecule has 0 saturated heterocycles. The van der Waals surface area contributed by atoms with E-state index in [9.17, 15) is 9.59 Å². The summed E-state index contributed by atoms with van der Waals surface area (Å²) in [5, 5.41) is 5.72. The molecule has 0 aliphatic heterocycles. The first kappa shape index (κ1) is 14.5. The lowest BCUT2D eigenvalue weighted by molar-refractivity contribution is 0.0937. The molecule has 0 aromatic heterocycles. The molecule has 0 unspecified atom stereocenters. The maximum Gasteiger partial charge on any atom is 0.251 e. The number of hydrogen-bond acceptors (Lipinski definition) is 3. The molecule has 1 aromatic rings. The van der Waals surface area contributed by atoms with Crippen molar-refractivity contribution in [3.05, 3.63) is 35.4 Å². The molecule has 108 valence electrons. The molecule has 1 fully saturated rings. The van der Waals surface area contributed by atoms with E-state index in [0.717, 1.165) is 19.3 Å². The maximum atomic E-state index is 11.8. The third kappa shape index (κ3) is 4.35. The van der Waals surface area contributed by atoms with Crippen LogP contribution < -0.4 is 10.6 Å². The molecule has 5 heteroatoms. The van der Waals surface area contributed by atoms with Crippen molar-refractivity contribution in [2.75, 3.05) is 20.3 Å². The molecule has 2 N–H and O–H groups in total. The van der Waals surface area contributed by atoms with Gasteiger partial charge in [-0.2, -0.15) is 0 Å². The SMILES string of the molecule is COCCCNC(=O)c1ccc(C(=O)NC2CC2)cc1. The Balaban J connectivity index is 1.83. The Hall–Kier alpha value is -1.88. The molecule has 1 aliphatic carbocycles. The fourth-order valence-corrected chi connectivity index (χ4v) is 1.79. The molecule has 0 radical (unpaired) electrons. The van der Waals surface area contributed by atoms with E-state index in [1.807, 2.05) is 0 Å². The van der Waals surface area contributed by atoms with Gasteiger partial charge in [-0.25, -0.2) is 0 Å². The first-order chi connectivity index (χ1) is 9.70. The number of rotatable bonds is 7. The lowest BCUT2D eigenvalue weighted by Crippen LogP contribution is -2.26.